The molecule has 1 aromatic rings. The van der Waals surface area contributed by atoms with E-state index in [1.54, 1.807) is 24.0 Å². The van der Waals surface area contributed by atoms with Gasteiger partial charge in [0.15, 0.2) is 0 Å². The highest BCUT2D eigenvalue weighted by atomic mass is 35.5. The minimum atomic E-state index is -0.473. The lowest BCUT2D eigenvalue weighted by molar-refractivity contribution is -0.127. The summed E-state index contributed by atoms with van der Waals surface area (Å²) in [5.74, 6) is -0.0741. The Morgan fingerprint density at radius 1 is 1.23 bits per heavy atom. The lowest BCUT2D eigenvalue weighted by atomic mass is 9.94. The zero-order chi connectivity index (χ0) is 16.3. The number of allylic oxidation sites excluding steroid dienone is 1. The molecular weight excluding hydrogens is 302 g/mol. The quantitative estimate of drug-likeness (QED) is 0.895. The van der Waals surface area contributed by atoms with Crippen LogP contribution in [0.3, 0.4) is 0 Å². The van der Waals surface area contributed by atoms with Crippen LogP contribution in [0.15, 0.2) is 35.5 Å². The molecule has 1 aromatic carbocycles. The van der Waals surface area contributed by atoms with E-state index < -0.39 is 6.04 Å². The number of carbonyl (C=O) groups excluding carboxylic acids is 2. The fourth-order valence-electron chi connectivity index (χ4n) is 2.56. The zero-order valence-electron chi connectivity index (χ0n) is 12.9. The third kappa shape index (κ3) is 3.25. The number of hydrogen-bond donors (Lipinski definition) is 2. The third-order valence-corrected chi connectivity index (χ3v) is 4.01. The molecule has 1 heterocycles. The lowest BCUT2D eigenvalue weighted by Gasteiger charge is -2.31. The molecule has 1 aliphatic rings. The second-order valence-corrected chi connectivity index (χ2v) is 5.54. The van der Waals surface area contributed by atoms with Crippen molar-refractivity contribution in [2.75, 3.05) is 13.1 Å². The van der Waals surface area contributed by atoms with Gasteiger partial charge in [-0.1, -0.05) is 23.7 Å². The van der Waals surface area contributed by atoms with E-state index in [0.717, 1.165) is 5.56 Å². The first-order valence-electron chi connectivity index (χ1n) is 7.30. The average Bonchev–Trinajstić information content (AvgIpc) is 2.48. The maximum atomic E-state index is 12.8. The van der Waals surface area contributed by atoms with Crippen molar-refractivity contribution in [3.05, 3.63) is 46.1 Å². The Morgan fingerprint density at radius 3 is 2.36 bits per heavy atom. The molecular formula is C16H20ClN3O2. The van der Waals surface area contributed by atoms with E-state index in [2.05, 4.69) is 10.6 Å². The van der Waals surface area contributed by atoms with Gasteiger partial charge < -0.3 is 15.5 Å². The van der Waals surface area contributed by atoms with E-state index in [9.17, 15) is 9.59 Å². The first-order chi connectivity index (χ1) is 10.5. The Morgan fingerprint density at radius 2 is 1.82 bits per heavy atom. The molecule has 0 aromatic heterocycles. The van der Waals surface area contributed by atoms with Gasteiger partial charge in [0.1, 0.15) is 0 Å². The van der Waals surface area contributed by atoms with Gasteiger partial charge in [0.2, 0.25) is 0 Å². The van der Waals surface area contributed by atoms with Crippen LogP contribution < -0.4 is 10.6 Å². The average molecular weight is 322 g/mol. The fourth-order valence-corrected chi connectivity index (χ4v) is 2.69. The van der Waals surface area contributed by atoms with Gasteiger partial charge in [0.05, 0.1) is 11.6 Å². The summed E-state index contributed by atoms with van der Waals surface area (Å²) in [6.07, 6.45) is 0. The zero-order valence-corrected chi connectivity index (χ0v) is 13.7. The minimum Gasteiger partial charge on any atom is -0.339 e. The Labute approximate surface area is 135 Å². The normalized spacial score (nSPS) is 17.8. The second-order valence-electron chi connectivity index (χ2n) is 5.10. The molecule has 0 aliphatic carbocycles. The summed E-state index contributed by atoms with van der Waals surface area (Å²) in [5, 5.41) is 6.11. The summed E-state index contributed by atoms with van der Waals surface area (Å²) in [6, 6.07) is 6.36. The fraction of sp³-hybridized carbons (Fsp3) is 0.375. The van der Waals surface area contributed by atoms with Crippen LogP contribution in [0.1, 0.15) is 32.4 Å². The molecule has 22 heavy (non-hydrogen) atoms. The summed E-state index contributed by atoms with van der Waals surface area (Å²) in [6.45, 7) is 6.85. The van der Waals surface area contributed by atoms with E-state index >= 15 is 0 Å². The van der Waals surface area contributed by atoms with Gasteiger partial charge in [-0.2, -0.15) is 0 Å². The SMILES string of the molecule is CCN(CC)C(=O)C1=C(C)NC(=O)N[C@@H]1c1ccc(Cl)cc1. The number of likely N-dealkylation sites (N-methyl/N-ethyl adjacent to an activating group) is 1. The van der Waals surface area contributed by atoms with Crippen molar-refractivity contribution < 1.29 is 9.59 Å². The van der Waals surface area contributed by atoms with Gasteiger partial charge in [0.25, 0.3) is 5.91 Å². The van der Waals surface area contributed by atoms with Crippen LogP contribution in [0.25, 0.3) is 0 Å². The summed E-state index contributed by atoms with van der Waals surface area (Å²) in [7, 11) is 0. The predicted octanol–water partition coefficient (Wildman–Crippen LogP) is 2.84. The number of nitrogens with zero attached hydrogens (tertiary/aromatic N) is 1. The monoisotopic (exact) mass is 321 g/mol. The highest BCUT2D eigenvalue weighted by Gasteiger charge is 2.32. The van der Waals surface area contributed by atoms with Crippen molar-refractivity contribution in [3.8, 4) is 0 Å². The predicted molar refractivity (Wildman–Crippen MR) is 86.5 cm³/mol. The maximum absolute atomic E-state index is 12.8. The number of benzene rings is 1. The van der Waals surface area contributed by atoms with E-state index in [0.29, 0.717) is 29.4 Å². The third-order valence-electron chi connectivity index (χ3n) is 3.75. The van der Waals surface area contributed by atoms with E-state index in [4.69, 9.17) is 11.6 Å². The number of urea groups is 1. The molecule has 0 radical (unpaired) electrons. The Hall–Kier alpha value is -2.01. The van der Waals surface area contributed by atoms with Crippen LogP contribution in [0.2, 0.25) is 5.02 Å². The van der Waals surface area contributed by atoms with Gasteiger partial charge in [-0.05, 0) is 38.5 Å². The van der Waals surface area contributed by atoms with Gasteiger partial charge in [-0.3, -0.25) is 4.79 Å². The van der Waals surface area contributed by atoms with Crippen LogP contribution in [0, 0.1) is 0 Å². The van der Waals surface area contributed by atoms with Crippen molar-refractivity contribution in [1.29, 1.82) is 0 Å². The topological polar surface area (TPSA) is 61.4 Å². The molecule has 118 valence electrons. The van der Waals surface area contributed by atoms with Crippen LogP contribution >= 0.6 is 11.6 Å². The molecule has 0 saturated carbocycles. The summed E-state index contributed by atoms with van der Waals surface area (Å²) in [5.41, 5.74) is 1.97. The van der Waals surface area contributed by atoms with Gasteiger partial charge in [-0.15, -0.1) is 0 Å². The molecule has 0 fully saturated rings. The molecule has 0 unspecified atom stereocenters. The lowest BCUT2D eigenvalue weighted by Crippen LogP contribution is -2.47. The first kappa shape index (κ1) is 16.4. The van der Waals surface area contributed by atoms with Crippen molar-refractivity contribution in [1.82, 2.24) is 15.5 Å². The van der Waals surface area contributed by atoms with Gasteiger partial charge in [-0.25, -0.2) is 4.79 Å². The number of carbonyl (C=O) groups is 2. The summed E-state index contributed by atoms with van der Waals surface area (Å²) in [4.78, 5) is 26.3. The van der Waals surface area contributed by atoms with Crippen molar-refractivity contribution >= 4 is 23.5 Å². The standard InChI is InChI=1S/C16H20ClN3O2/c1-4-20(5-2)15(21)13-10(3)18-16(22)19-14(13)11-6-8-12(17)9-7-11/h6-9,14H,4-5H2,1-3H3,(H2,18,19,22)/t14-/m1/s1. The summed E-state index contributed by atoms with van der Waals surface area (Å²) >= 11 is 5.92. The van der Waals surface area contributed by atoms with Crippen molar-refractivity contribution in [3.63, 3.8) is 0 Å². The van der Waals surface area contributed by atoms with Gasteiger partial charge >= 0.3 is 6.03 Å². The molecule has 0 bridgehead atoms. The van der Waals surface area contributed by atoms with Crippen molar-refractivity contribution in [2.24, 2.45) is 0 Å². The van der Waals surface area contributed by atoms with Crippen LogP contribution in [-0.4, -0.2) is 29.9 Å². The van der Waals surface area contributed by atoms with Crippen LogP contribution in [0.4, 0.5) is 4.79 Å². The molecule has 3 amide bonds. The van der Waals surface area contributed by atoms with E-state index in [-0.39, 0.29) is 11.9 Å². The Balaban J connectivity index is 2.45. The Bertz CT molecular complexity index is 606. The number of halogens is 1. The van der Waals surface area contributed by atoms with E-state index in [1.807, 2.05) is 26.0 Å². The van der Waals surface area contributed by atoms with Crippen LogP contribution in [-0.2, 0) is 4.79 Å². The van der Waals surface area contributed by atoms with Gasteiger partial charge in [0, 0.05) is 23.8 Å². The highest BCUT2D eigenvalue weighted by Crippen LogP contribution is 2.28. The Kier molecular flexibility index (Phi) is 5.08. The molecule has 1 aliphatic heterocycles. The molecule has 0 spiro atoms. The largest absolute Gasteiger partial charge is 0.339 e. The molecule has 2 rings (SSSR count). The van der Waals surface area contributed by atoms with Crippen molar-refractivity contribution in [2.45, 2.75) is 26.8 Å². The van der Waals surface area contributed by atoms with Crippen LogP contribution in [0.5, 0.6) is 0 Å². The molecule has 6 heteroatoms. The second kappa shape index (κ2) is 6.83. The number of amides is 3. The highest BCUT2D eigenvalue weighted by molar-refractivity contribution is 6.30. The van der Waals surface area contributed by atoms with E-state index in [1.165, 1.54) is 0 Å². The number of nitrogens with one attached hydrogen (secondary N) is 2. The summed E-state index contributed by atoms with van der Waals surface area (Å²) < 4.78 is 0. The smallest absolute Gasteiger partial charge is 0.319 e. The first-order valence-corrected chi connectivity index (χ1v) is 7.68. The minimum absolute atomic E-state index is 0.0741. The molecule has 0 saturated heterocycles. The maximum Gasteiger partial charge on any atom is 0.319 e. The molecule has 2 N–H and O–H groups in total. The molecule has 1 atom stereocenters. The molecule has 5 nitrogen and oxygen atoms in total. The number of hydrogen-bond acceptors (Lipinski definition) is 2. The number of rotatable bonds is 4.